The summed E-state index contributed by atoms with van der Waals surface area (Å²) in [5.41, 5.74) is 0. The molecule has 0 aliphatic rings. The van der Waals surface area contributed by atoms with Gasteiger partial charge in [-0.2, -0.15) is 0 Å². The van der Waals surface area contributed by atoms with Gasteiger partial charge >= 0.3 is 12.6 Å². The molecule has 0 amide bonds. The summed E-state index contributed by atoms with van der Waals surface area (Å²) in [6, 6.07) is 0. The predicted molar refractivity (Wildman–Crippen MR) is 28.6 cm³/mol. The van der Waals surface area contributed by atoms with E-state index < -0.39 is 12.6 Å². The van der Waals surface area contributed by atoms with Crippen LogP contribution in [0.1, 0.15) is 0 Å². The van der Waals surface area contributed by atoms with E-state index in [0.717, 1.165) is 12.3 Å². The first-order valence-corrected chi connectivity index (χ1v) is 2.26. The molecule has 0 heterocycles. The van der Waals surface area contributed by atoms with E-state index in [2.05, 4.69) is 4.74 Å². The topological polar surface area (TPSA) is 87.0 Å². The third-order valence-corrected chi connectivity index (χ3v) is 0.528. The SMILES string of the molecule is O=CC=CO[C](O)[C](O)O. The number of aldehydes is 1. The van der Waals surface area contributed by atoms with E-state index in [1.165, 1.54) is 0 Å². The van der Waals surface area contributed by atoms with Crippen LogP contribution in [0.15, 0.2) is 12.3 Å². The van der Waals surface area contributed by atoms with Crippen molar-refractivity contribution in [3.63, 3.8) is 0 Å². The van der Waals surface area contributed by atoms with Gasteiger partial charge in [0.15, 0.2) is 0 Å². The van der Waals surface area contributed by atoms with Crippen LogP contribution < -0.4 is 0 Å². The van der Waals surface area contributed by atoms with E-state index >= 15 is 0 Å². The first-order chi connectivity index (χ1) is 4.68. The Morgan fingerprint density at radius 3 is 2.30 bits per heavy atom. The molecule has 0 aromatic rings. The molecular formula is C5H6O5. The van der Waals surface area contributed by atoms with Gasteiger partial charge in [0.2, 0.25) is 0 Å². The molecule has 2 radical (unpaired) electrons. The minimum Gasteiger partial charge on any atom is -0.459 e. The van der Waals surface area contributed by atoms with Crippen LogP contribution in [0.25, 0.3) is 0 Å². The second kappa shape index (κ2) is 4.92. The van der Waals surface area contributed by atoms with Crippen molar-refractivity contribution < 1.29 is 24.9 Å². The number of hydrogen-bond donors (Lipinski definition) is 3. The van der Waals surface area contributed by atoms with Crippen molar-refractivity contribution in [3.05, 3.63) is 24.9 Å². The molecule has 0 aliphatic heterocycles. The van der Waals surface area contributed by atoms with E-state index in [1.54, 1.807) is 0 Å². The minimum absolute atomic E-state index is 0.404. The second-order valence-corrected chi connectivity index (χ2v) is 1.21. The highest BCUT2D eigenvalue weighted by Crippen LogP contribution is 2.07. The van der Waals surface area contributed by atoms with Gasteiger partial charge in [0.1, 0.15) is 6.29 Å². The van der Waals surface area contributed by atoms with Crippen molar-refractivity contribution in [2.45, 2.75) is 0 Å². The Hall–Kier alpha value is -0.910. The van der Waals surface area contributed by atoms with E-state index in [1.807, 2.05) is 0 Å². The van der Waals surface area contributed by atoms with E-state index in [-0.39, 0.29) is 0 Å². The summed E-state index contributed by atoms with van der Waals surface area (Å²) in [6.07, 6.45) is -0.260. The fourth-order valence-electron chi connectivity index (χ4n) is 0.189. The first-order valence-electron chi connectivity index (χ1n) is 2.26. The third-order valence-electron chi connectivity index (χ3n) is 0.528. The number of aliphatic hydroxyl groups excluding tert-OH is 2. The van der Waals surface area contributed by atoms with E-state index in [4.69, 9.17) is 15.3 Å². The lowest BCUT2D eigenvalue weighted by Gasteiger charge is -2.05. The number of carbonyl (C=O) groups excluding carboxylic acids is 1. The zero-order chi connectivity index (χ0) is 7.98. The Balaban J connectivity index is 3.48. The lowest BCUT2D eigenvalue weighted by Crippen LogP contribution is -2.09. The average molecular weight is 146 g/mol. The fourth-order valence-corrected chi connectivity index (χ4v) is 0.189. The normalized spacial score (nSPS) is 11.3. The number of rotatable bonds is 4. The van der Waals surface area contributed by atoms with Crippen LogP contribution in [0.5, 0.6) is 0 Å². The van der Waals surface area contributed by atoms with Gasteiger partial charge in [-0.3, -0.25) is 4.79 Å². The predicted octanol–water partition coefficient (Wildman–Crippen LogP) is -0.188. The van der Waals surface area contributed by atoms with Gasteiger partial charge in [0, 0.05) is 6.08 Å². The smallest absolute Gasteiger partial charge is 0.341 e. The molecule has 0 rings (SSSR count). The van der Waals surface area contributed by atoms with Crippen LogP contribution in [-0.4, -0.2) is 21.6 Å². The monoisotopic (exact) mass is 146 g/mol. The van der Waals surface area contributed by atoms with Crippen LogP contribution in [0.4, 0.5) is 0 Å². The summed E-state index contributed by atoms with van der Waals surface area (Å²) >= 11 is 0. The quantitative estimate of drug-likeness (QED) is 0.290. The molecule has 5 nitrogen and oxygen atoms in total. The van der Waals surface area contributed by atoms with Crippen LogP contribution >= 0.6 is 0 Å². The Labute approximate surface area is 57.2 Å². The third kappa shape index (κ3) is 4.02. The van der Waals surface area contributed by atoms with Crippen LogP contribution in [0, 0.1) is 12.6 Å². The summed E-state index contributed by atoms with van der Waals surface area (Å²) < 4.78 is 4.07. The second-order valence-electron chi connectivity index (χ2n) is 1.21. The highest BCUT2D eigenvalue weighted by molar-refractivity contribution is 5.64. The largest absolute Gasteiger partial charge is 0.459 e. The van der Waals surface area contributed by atoms with Crippen molar-refractivity contribution in [1.29, 1.82) is 0 Å². The summed E-state index contributed by atoms with van der Waals surface area (Å²) in [5.74, 6) is 0. The first kappa shape index (κ1) is 9.09. The summed E-state index contributed by atoms with van der Waals surface area (Å²) in [5, 5.41) is 24.5. The molecule has 0 saturated heterocycles. The summed E-state index contributed by atoms with van der Waals surface area (Å²) in [4.78, 5) is 9.57. The minimum atomic E-state index is -1.34. The molecule has 0 atom stereocenters. The number of ether oxygens (including phenoxy) is 1. The molecule has 0 unspecified atom stereocenters. The summed E-state index contributed by atoms with van der Waals surface area (Å²) in [6.45, 7) is 0. The average Bonchev–Trinajstić information content (AvgIpc) is 1.88. The van der Waals surface area contributed by atoms with Gasteiger partial charge in [-0.05, 0) is 0 Å². The van der Waals surface area contributed by atoms with Gasteiger partial charge in [-0.1, -0.05) is 0 Å². The molecule has 0 aliphatic carbocycles. The molecule has 5 heteroatoms. The van der Waals surface area contributed by atoms with Crippen molar-refractivity contribution in [3.8, 4) is 0 Å². The summed E-state index contributed by atoms with van der Waals surface area (Å²) in [7, 11) is 0. The fraction of sp³-hybridized carbons (Fsp3) is 0. The molecular weight excluding hydrogens is 140 g/mol. The standard InChI is InChI=1S/C5H6O5/c6-2-1-3-10-5(9)4(7)8/h1-3,7-9H. The van der Waals surface area contributed by atoms with E-state index in [0.29, 0.717) is 6.29 Å². The highest BCUT2D eigenvalue weighted by atomic mass is 16.6. The van der Waals surface area contributed by atoms with Crippen molar-refractivity contribution in [2.75, 3.05) is 0 Å². The molecule has 56 valence electrons. The lowest BCUT2D eigenvalue weighted by molar-refractivity contribution is -0.104. The van der Waals surface area contributed by atoms with Crippen LogP contribution in [0.3, 0.4) is 0 Å². The molecule has 0 aromatic heterocycles. The number of hydrogen-bond acceptors (Lipinski definition) is 5. The van der Waals surface area contributed by atoms with Crippen LogP contribution in [-0.2, 0) is 9.53 Å². The maximum absolute atomic E-state index is 9.57. The van der Waals surface area contributed by atoms with Crippen molar-refractivity contribution >= 4 is 6.29 Å². The zero-order valence-electron chi connectivity index (χ0n) is 4.89. The Bertz CT molecular complexity index is 119. The van der Waals surface area contributed by atoms with E-state index in [9.17, 15) is 4.79 Å². The Kier molecular flexibility index (Phi) is 4.47. The number of allylic oxidation sites excluding steroid dienone is 1. The molecule has 10 heavy (non-hydrogen) atoms. The van der Waals surface area contributed by atoms with Crippen molar-refractivity contribution in [2.24, 2.45) is 0 Å². The Morgan fingerprint density at radius 2 is 1.90 bits per heavy atom. The van der Waals surface area contributed by atoms with Gasteiger partial charge in [0.25, 0.3) is 0 Å². The van der Waals surface area contributed by atoms with Gasteiger partial charge in [-0.25, -0.2) is 0 Å². The maximum Gasteiger partial charge on any atom is 0.341 e. The molecule has 0 bridgehead atoms. The molecule has 0 saturated carbocycles. The van der Waals surface area contributed by atoms with Gasteiger partial charge in [0.05, 0.1) is 6.26 Å². The van der Waals surface area contributed by atoms with Crippen LogP contribution in [0.2, 0.25) is 0 Å². The highest BCUT2D eigenvalue weighted by Gasteiger charge is 2.17. The molecule has 3 N–H and O–H groups in total. The maximum atomic E-state index is 9.57. The number of carbonyl (C=O) groups is 1. The number of aliphatic hydroxyl groups is 3. The van der Waals surface area contributed by atoms with Gasteiger partial charge in [-0.15, -0.1) is 0 Å². The lowest BCUT2D eigenvalue weighted by atomic mass is 10.6. The zero-order valence-corrected chi connectivity index (χ0v) is 4.89. The molecule has 0 aromatic carbocycles. The molecule has 0 spiro atoms. The Morgan fingerprint density at radius 1 is 1.30 bits per heavy atom. The molecule has 0 fully saturated rings. The van der Waals surface area contributed by atoms with Gasteiger partial charge < -0.3 is 20.1 Å². The van der Waals surface area contributed by atoms with Crippen molar-refractivity contribution in [1.82, 2.24) is 0 Å².